The van der Waals surface area contributed by atoms with E-state index in [0.717, 1.165) is 0 Å². The van der Waals surface area contributed by atoms with Gasteiger partial charge in [0.25, 0.3) is 0 Å². The average Bonchev–Trinajstić information content (AvgIpc) is 2.08. The molecule has 1 aliphatic heterocycles. The van der Waals surface area contributed by atoms with Gasteiger partial charge in [0.15, 0.2) is 6.29 Å². The molecule has 72 valence electrons. The van der Waals surface area contributed by atoms with Crippen molar-refractivity contribution in [1.82, 2.24) is 0 Å². The molecular formula is C6H12O6. The summed E-state index contributed by atoms with van der Waals surface area (Å²) in [6, 6.07) is 0. The first-order valence-electron chi connectivity index (χ1n) is 3.56. The molecule has 1 heterocycles. The summed E-state index contributed by atoms with van der Waals surface area (Å²) in [5.41, 5.74) is 0. The molecule has 6 heteroatoms. The molecule has 1 saturated heterocycles. The van der Waals surface area contributed by atoms with Crippen molar-refractivity contribution in [3.63, 3.8) is 0 Å². The van der Waals surface area contributed by atoms with Crippen molar-refractivity contribution >= 4 is 0 Å². The minimum absolute atomic E-state index is 0.526. The Morgan fingerprint density at radius 3 is 2.00 bits per heavy atom. The van der Waals surface area contributed by atoms with E-state index >= 15 is 0 Å². The molecule has 0 bridgehead atoms. The highest BCUT2D eigenvalue weighted by atomic mass is 16.6. The molecule has 1 aliphatic rings. The Morgan fingerprint density at radius 2 is 1.50 bits per heavy atom. The van der Waals surface area contributed by atoms with Crippen LogP contribution in [0, 0.1) is 0 Å². The third-order valence-electron chi connectivity index (χ3n) is 1.87. The van der Waals surface area contributed by atoms with Gasteiger partial charge < -0.3 is 30.3 Å². The lowest BCUT2D eigenvalue weighted by Crippen LogP contribution is -2.58. The van der Waals surface area contributed by atoms with Gasteiger partial charge in [-0.15, -0.1) is 0 Å². The normalized spacial score (nSPS) is 49.2. The highest BCUT2D eigenvalue weighted by molar-refractivity contribution is 4.87. The third-order valence-corrected chi connectivity index (χ3v) is 1.87. The van der Waals surface area contributed by atoms with Crippen molar-refractivity contribution in [2.24, 2.45) is 0 Å². The smallest absolute Gasteiger partial charge is 0.184 e. The van der Waals surface area contributed by atoms with Crippen molar-refractivity contribution < 1.29 is 30.3 Å². The second-order valence-corrected chi connectivity index (χ2v) is 2.72. The van der Waals surface area contributed by atoms with Crippen LogP contribution in [0.15, 0.2) is 0 Å². The Hall–Kier alpha value is -0.240. The van der Waals surface area contributed by atoms with Crippen LogP contribution < -0.4 is 0 Å². The molecule has 0 aromatic carbocycles. The van der Waals surface area contributed by atoms with Crippen LogP contribution in [0.5, 0.6) is 0 Å². The van der Waals surface area contributed by atoms with Gasteiger partial charge in [-0.2, -0.15) is 0 Å². The fourth-order valence-electron chi connectivity index (χ4n) is 1.08. The molecule has 0 radical (unpaired) electrons. The van der Waals surface area contributed by atoms with Crippen LogP contribution in [0.1, 0.15) is 0 Å². The van der Waals surface area contributed by atoms with Gasteiger partial charge in [-0.25, -0.2) is 0 Å². The van der Waals surface area contributed by atoms with Gasteiger partial charge in [-0.05, 0) is 0 Å². The van der Waals surface area contributed by atoms with Gasteiger partial charge in [0, 0.05) is 0 Å². The van der Waals surface area contributed by atoms with E-state index in [-0.39, 0.29) is 0 Å². The molecule has 0 aliphatic carbocycles. The maximum atomic E-state index is 9.12. The molecule has 5 atom stereocenters. The lowest BCUT2D eigenvalue weighted by Gasteiger charge is -2.37. The van der Waals surface area contributed by atoms with Gasteiger partial charge in [-0.3, -0.25) is 0 Å². The molecular weight excluding hydrogens is 168 g/mol. The maximum absolute atomic E-state index is 9.12. The molecule has 1 rings (SSSR count). The summed E-state index contributed by atoms with van der Waals surface area (Å²) in [7, 11) is 0. The number of aliphatic hydroxyl groups excluding tert-OH is 5. The van der Waals surface area contributed by atoms with E-state index in [9.17, 15) is 0 Å². The lowest BCUT2D eigenvalue weighted by atomic mass is 10.00. The fourth-order valence-corrected chi connectivity index (χ4v) is 1.08. The Morgan fingerprint density at radius 1 is 0.917 bits per heavy atom. The third kappa shape index (κ3) is 1.58. The van der Waals surface area contributed by atoms with E-state index in [4.69, 9.17) is 25.5 Å². The molecule has 0 spiro atoms. The largest absolute Gasteiger partial charge is 0.394 e. The molecule has 0 saturated carbocycles. The summed E-state index contributed by atoms with van der Waals surface area (Å²) < 4.78 is 4.58. The zero-order chi connectivity index (χ0) is 9.30. The Bertz CT molecular complexity index is 146. The number of hydrogen-bond donors (Lipinski definition) is 5. The molecule has 0 aromatic rings. The first kappa shape index (κ1) is 9.85. The SMILES string of the molecule is OC[C@@H]1O[C@@H](O)C(O)C(O)[C@@H]1O. The zero-order valence-electron chi connectivity index (χ0n) is 6.24. The van der Waals surface area contributed by atoms with Crippen LogP contribution >= 0.6 is 0 Å². The highest BCUT2D eigenvalue weighted by Gasteiger charge is 2.42. The van der Waals surface area contributed by atoms with Gasteiger partial charge in [0.2, 0.25) is 0 Å². The molecule has 5 N–H and O–H groups in total. The molecule has 12 heavy (non-hydrogen) atoms. The lowest BCUT2D eigenvalue weighted by molar-refractivity contribution is -0.286. The second-order valence-electron chi connectivity index (χ2n) is 2.72. The van der Waals surface area contributed by atoms with Gasteiger partial charge in [0.05, 0.1) is 6.61 Å². The van der Waals surface area contributed by atoms with E-state index in [1.807, 2.05) is 0 Å². The van der Waals surface area contributed by atoms with Crippen LogP contribution in [-0.2, 0) is 4.74 Å². The highest BCUT2D eigenvalue weighted by Crippen LogP contribution is 2.18. The maximum Gasteiger partial charge on any atom is 0.184 e. The number of rotatable bonds is 1. The van der Waals surface area contributed by atoms with Gasteiger partial charge in [0.1, 0.15) is 24.4 Å². The number of hydrogen-bond acceptors (Lipinski definition) is 6. The van der Waals surface area contributed by atoms with E-state index < -0.39 is 37.3 Å². The van der Waals surface area contributed by atoms with Crippen molar-refractivity contribution in [3.8, 4) is 0 Å². The van der Waals surface area contributed by atoms with Gasteiger partial charge in [-0.1, -0.05) is 0 Å². The molecule has 2 unspecified atom stereocenters. The number of aliphatic hydroxyl groups is 5. The summed E-state index contributed by atoms with van der Waals surface area (Å²) >= 11 is 0. The summed E-state index contributed by atoms with van der Waals surface area (Å²) in [5.74, 6) is 0. The fraction of sp³-hybridized carbons (Fsp3) is 1.00. The molecule has 0 amide bonds. The minimum atomic E-state index is -1.57. The Balaban J connectivity index is 2.63. The molecule has 6 nitrogen and oxygen atoms in total. The first-order valence-corrected chi connectivity index (χ1v) is 3.56. The topological polar surface area (TPSA) is 110 Å². The zero-order valence-corrected chi connectivity index (χ0v) is 6.24. The van der Waals surface area contributed by atoms with Crippen LogP contribution in [-0.4, -0.2) is 62.8 Å². The van der Waals surface area contributed by atoms with E-state index in [0.29, 0.717) is 0 Å². The Labute approximate surface area is 68.6 Å². The van der Waals surface area contributed by atoms with E-state index in [2.05, 4.69) is 4.74 Å². The van der Waals surface area contributed by atoms with Gasteiger partial charge >= 0.3 is 0 Å². The standard InChI is InChI=1S/C6H12O6/c7-1-2-3(8)4(9)5(10)6(11)12-2/h2-11H,1H2/t2-,3+,4?,5?,6+/m0/s1. The van der Waals surface area contributed by atoms with Crippen LogP contribution in [0.2, 0.25) is 0 Å². The summed E-state index contributed by atoms with van der Waals surface area (Å²) in [6.45, 7) is -0.526. The summed E-state index contributed by atoms with van der Waals surface area (Å²) in [5, 5.41) is 44.7. The predicted molar refractivity (Wildman–Crippen MR) is 36.0 cm³/mol. The Kier molecular flexibility index (Phi) is 2.99. The number of ether oxygens (including phenoxy) is 1. The quantitative estimate of drug-likeness (QED) is 0.290. The van der Waals surface area contributed by atoms with Crippen LogP contribution in [0.3, 0.4) is 0 Å². The van der Waals surface area contributed by atoms with Crippen molar-refractivity contribution in [1.29, 1.82) is 0 Å². The van der Waals surface area contributed by atoms with Crippen molar-refractivity contribution in [3.05, 3.63) is 0 Å². The monoisotopic (exact) mass is 180 g/mol. The average molecular weight is 180 g/mol. The minimum Gasteiger partial charge on any atom is -0.394 e. The van der Waals surface area contributed by atoms with Crippen molar-refractivity contribution in [2.45, 2.75) is 30.7 Å². The van der Waals surface area contributed by atoms with Crippen LogP contribution in [0.25, 0.3) is 0 Å². The first-order chi connectivity index (χ1) is 5.57. The predicted octanol–water partition coefficient (Wildman–Crippen LogP) is -3.22. The molecule has 1 fully saturated rings. The summed E-state index contributed by atoms with van der Waals surface area (Å²) in [4.78, 5) is 0. The van der Waals surface area contributed by atoms with Crippen LogP contribution in [0.4, 0.5) is 0 Å². The van der Waals surface area contributed by atoms with E-state index in [1.54, 1.807) is 0 Å². The molecule has 0 aromatic heterocycles. The summed E-state index contributed by atoms with van der Waals surface area (Å²) in [6.07, 6.45) is -7.04. The van der Waals surface area contributed by atoms with Crippen molar-refractivity contribution in [2.75, 3.05) is 6.61 Å². The second kappa shape index (κ2) is 3.65. The van der Waals surface area contributed by atoms with E-state index in [1.165, 1.54) is 0 Å².